The molecule has 0 unspecified atom stereocenters. The molecule has 0 aliphatic carbocycles. The Morgan fingerprint density at radius 3 is 2.78 bits per heavy atom. The van der Waals surface area contributed by atoms with Crippen molar-refractivity contribution in [3.8, 4) is 0 Å². The van der Waals surface area contributed by atoms with E-state index in [1.165, 1.54) is 22.9 Å². The van der Waals surface area contributed by atoms with Crippen LogP contribution in [0.15, 0.2) is 35.1 Å². The van der Waals surface area contributed by atoms with Crippen LogP contribution in [0.4, 0.5) is 4.39 Å². The molecule has 0 fully saturated rings. The molecule has 5 heteroatoms. The van der Waals surface area contributed by atoms with E-state index in [1.807, 2.05) is 0 Å². The lowest BCUT2D eigenvalue weighted by molar-refractivity contribution is 0.603. The van der Waals surface area contributed by atoms with Gasteiger partial charge in [-0.15, -0.1) is 0 Å². The number of nitrogens with zero attached hydrogens (tertiary/aromatic N) is 2. The molecule has 0 bridgehead atoms. The van der Waals surface area contributed by atoms with Crippen molar-refractivity contribution in [2.75, 3.05) is 0 Å². The average Bonchev–Trinajstić information content (AvgIpc) is 2.34. The van der Waals surface area contributed by atoms with Gasteiger partial charge in [0.15, 0.2) is 0 Å². The van der Waals surface area contributed by atoms with Gasteiger partial charge in [0.1, 0.15) is 5.82 Å². The summed E-state index contributed by atoms with van der Waals surface area (Å²) in [5.41, 5.74) is 7.60. The third kappa shape index (κ3) is 2.62. The van der Waals surface area contributed by atoms with E-state index in [0.717, 1.165) is 11.3 Å². The van der Waals surface area contributed by atoms with E-state index in [1.54, 1.807) is 19.1 Å². The summed E-state index contributed by atoms with van der Waals surface area (Å²) in [5.74, 6) is -0.345. The molecule has 0 amide bonds. The molecule has 2 rings (SSSR count). The van der Waals surface area contributed by atoms with Gasteiger partial charge in [-0.3, -0.25) is 4.79 Å². The number of halogens is 1. The Morgan fingerprint density at radius 2 is 2.06 bits per heavy atom. The standard InChI is InChI=1S/C13H14FN3O/c1-9-2-5-13(18)17(16-9)8-11-6-12(14)4-3-10(11)7-15/h2-6H,7-8,15H2,1H3. The van der Waals surface area contributed by atoms with Crippen LogP contribution in [0.2, 0.25) is 0 Å². The zero-order valence-corrected chi connectivity index (χ0v) is 10.1. The van der Waals surface area contributed by atoms with E-state index in [-0.39, 0.29) is 17.9 Å². The van der Waals surface area contributed by atoms with Gasteiger partial charge in [-0.25, -0.2) is 9.07 Å². The number of nitrogens with two attached hydrogens (primary N) is 1. The largest absolute Gasteiger partial charge is 0.326 e. The average molecular weight is 247 g/mol. The minimum absolute atomic E-state index is 0.215. The summed E-state index contributed by atoms with van der Waals surface area (Å²) in [4.78, 5) is 11.6. The zero-order chi connectivity index (χ0) is 13.1. The molecule has 1 aromatic heterocycles. The van der Waals surface area contributed by atoms with Crippen molar-refractivity contribution in [1.29, 1.82) is 0 Å². The van der Waals surface area contributed by atoms with Gasteiger partial charge in [0.2, 0.25) is 0 Å². The van der Waals surface area contributed by atoms with Crippen LogP contribution < -0.4 is 11.3 Å². The predicted molar refractivity (Wildman–Crippen MR) is 66.6 cm³/mol. The maximum absolute atomic E-state index is 13.2. The fourth-order valence-electron chi connectivity index (χ4n) is 1.77. The molecule has 2 N–H and O–H groups in total. The Bertz CT molecular complexity index is 622. The second-order valence-corrected chi connectivity index (χ2v) is 4.09. The predicted octanol–water partition coefficient (Wildman–Crippen LogP) is 1.20. The summed E-state index contributed by atoms with van der Waals surface area (Å²) in [6, 6.07) is 7.47. The fourth-order valence-corrected chi connectivity index (χ4v) is 1.77. The summed E-state index contributed by atoms with van der Waals surface area (Å²) in [7, 11) is 0. The summed E-state index contributed by atoms with van der Waals surface area (Å²) in [6.07, 6.45) is 0. The van der Waals surface area contributed by atoms with Gasteiger partial charge in [0, 0.05) is 12.6 Å². The van der Waals surface area contributed by atoms with Crippen molar-refractivity contribution >= 4 is 0 Å². The van der Waals surface area contributed by atoms with Crippen LogP contribution >= 0.6 is 0 Å². The van der Waals surface area contributed by atoms with Crippen molar-refractivity contribution in [3.63, 3.8) is 0 Å². The van der Waals surface area contributed by atoms with Crippen LogP contribution in [-0.2, 0) is 13.1 Å². The summed E-state index contributed by atoms with van der Waals surface area (Å²) < 4.78 is 14.5. The molecule has 94 valence electrons. The van der Waals surface area contributed by atoms with Crippen molar-refractivity contribution in [3.05, 3.63) is 63.3 Å². The molecular weight excluding hydrogens is 233 g/mol. The lowest BCUT2D eigenvalue weighted by Gasteiger charge is -2.09. The molecule has 0 atom stereocenters. The van der Waals surface area contributed by atoms with E-state index in [2.05, 4.69) is 5.10 Å². The van der Waals surface area contributed by atoms with Crippen LogP contribution in [0, 0.1) is 12.7 Å². The van der Waals surface area contributed by atoms with Crippen molar-refractivity contribution in [1.82, 2.24) is 9.78 Å². The highest BCUT2D eigenvalue weighted by atomic mass is 19.1. The normalized spacial score (nSPS) is 10.6. The minimum Gasteiger partial charge on any atom is -0.326 e. The van der Waals surface area contributed by atoms with Crippen LogP contribution in [-0.4, -0.2) is 9.78 Å². The van der Waals surface area contributed by atoms with Crippen molar-refractivity contribution < 1.29 is 4.39 Å². The first-order valence-electron chi connectivity index (χ1n) is 5.62. The third-order valence-corrected chi connectivity index (χ3v) is 2.71. The van der Waals surface area contributed by atoms with Crippen LogP contribution in [0.1, 0.15) is 16.8 Å². The van der Waals surface area contributed by atoms with Gasteiger partial charge < -0.3 is 5.73 Å². The van der Waals surface area contributed by atoms with Gasteiger partial charge in [0.05, 0.1) is 12.2 Å². The van der Waals surface area contributed by atoms with Gasteiger partial charge in [-0.05, 0) is 36.2 Å². The number of hydrogen-bond acceptors (Lipinski definition) is 3. The molecule has 18 heavy (non-hydrogen) atoms. The Kier molecular flexibility index (Phi) is 3.53. The van der Waals surface area contributed by atoms with Gasteiger partial charge in [0.25, 0.3) is 5.56 Å². The molecule has 1 heterocycles. The SMILES string of the molecule is Cc1ccc(=O)n(Cc2cc(F)ccc2CN)n1. The quantitative estimate of drug-likeness (QED) is 0.886. The second kappa shape index (κ2) is 5.10. The van der Waals surface area contributed by atoms with Crippen molar-refractivity contribution in [2.24, 2.45) is 5.73 Å². The van der Waals surface area contributed by atoms with E-state index < -0.39 is 0 Å². The second-order valence-electron chi connectivity index (χ2n) is 4.09. The van der Waals surface area contributed by atoms with E-state index in [4.69, 9.17) is 5.73 Å². The number of rotatable bonds is 3. The molecule has 1 aromatic carbocycles. The Labute approximate surface area is 104 Å². The smallest absolute Gasteiger partial charge is 0.267 e. The number of benzene rings is 1. The van der Waals surface area contributed by atoms with Gasteiger partial charge in [-0.1, -0.05) is 6.07 Å². The lowest BCUT2D eigenvalue weighted by atomic mass is 10.1. The monoisotopic (exact) mass is 247 g/mol. The first-order chi connectivity index (χ1) is 8.60. The number of hydrogen-bond donors (Lipinski definition) is 1. The summed E-state index contributed by atoms with van der Waals surface area (Å²) >= 11 is 0. The molecule has 0 radical (unpaired) electrons. The van der Waals surface area contributed by atoms with Crippen molar-refractivity contribution in [2.45, 2.75) is 20.0 Å². The van der Waals surface area contributed by atoms with E-state index in [0.29, 0.717) is 12.1 Å². The first-order valence-corrected chi connectivity index (χ1v) is 5.62. The van der Waals surface area contributed by atoms with E-state index >= 15 is 0 Å². The Balaban J connectivity index is 2.42. The molecule has 2 aromatic rings. The first kappa shape index (κ1) is 12.4. The summed E-state index contributed by atoms with van der Waals surface area (Å²) in [6.45, 7) is 2.33. The van der Waals surface area contributed by atoms with Gasteiger partial charge in [-0.2, -0.15) is 5.10 Å². The van der Waals surface area contributed by atoms with Crippen LogP contribution in [0.5, 0.6) is 0 Å². The number of aryl methyl sites for hydroxylation is 1. The van der Waals surface area contributed by atoms with E-state index in [9.17, 15) is 9.18 Å². The molecule has 0 spiro atoms. The molecule has 0 aliphatic rings. The topological polar surface area (TPSA) is 60.9 Å². The highest BCUT2D eigenvalue weighted by Gasteiger charge is 2.06. The zero-order valence-electron chi connectivity index (χ0n) is 10.1. The van der Waals surface area contributed by atoms with Gasteiger partial charge >= 0.3 is 0 Å². The fraction of sp³-hybridized carbons (Fsp3) is 0.231. The maximum Gasteiger partial charge on any atom is 0.267 e. The molecular formula is C13H14FN3O. The maximum atomic E-state index is 13.2. The third-order valence-electron chi connectivity index (χ3n) is 2.71. The lowest BCUT2D eigenvalue weighted by Crippen LogP contribution is -2.23. The molecule has 0 saturated carbocycles. The molecule has 0 aliphatic heterocycles. The number of aromatic nitrogens is 2. The Morgan fingerprint density at radius 1 is 1.28 bits per heavy atom. The van der Waals surface area contributed by atoms with Crippen LogP contribution in [0.25, 0.3) is 0 Å². The van der Waals surface area contributed by atoms with Crippen LogP contribution in [0.3, 0.4) is 0 Å². The highest BCUT2D eigenvalue weighted by Crippen LogP contribution is 2.11. The molecule has 0 saturated heterocycles. The summed E-state index contributed by atoms with van der Waals surface area (Å²) in [5, 5.41) is 4.11. The molecule has 4 nitrogen and oxygen atoms in total. The highest BCUT2D eigenvalue weighted by molar-refractivity contribution is 5.28. The minimum atomic E-state index is -0.345. The Hall–Kier alpha value is -2.01.